The van der Waals surface area contributed by atoms with E-state index < -0.39 is 0 Å². The zero-order valence-corrected chi connectivity index (χ0v) is 9.72. The fourth-order valence-corrected chi connectivity index (χ4v) is 2.54. The number of para-hydroxylation sites is 1. The fraction of sp³-hybridized carbons (Fsp3) is 0.125. The molecule has 1 heterocycles. The molecule has 12 heavy (non-hydrogen) atoms. The molecule has 1 nitrogen and oxygen atoms in total. The number of thioether (sulfide) groups is 1. The van der Waals surface area contributed by atoms with Gasteiger partial charge in [0.2, 0.25) is 5.52 Å². The van der Waals surface area contributed by atoms with Crippen LogP contribution in [0.5, 0.6) is 0 Å². The minimum Gasteiger partial charge on any atom is -1.00 e. The zero-order chi connectivity index (χ0) is 7.68. The molecule has 0 saturated carbocycles. The van der Waals surface area contributed by atoms with Crippen LogP contribution in [0.2, 0.25) is 0 Å². The van der Waals surface area contributed by atoms with Gasteiger partial charge in [-0.2, -0.15) is 4.98 Å². The smallest absolute Gasteiger partial charge is 0.296 e. The minimum atomic E-state index is 0. The summed E-state index contributed by atoms with van der Waals surface area (Å²) in [5, 5.41) is 0. The molecule has 0 saturated heterocycles. The summed E-state index contributed by atoms with van der Waals surface area (Å²) in [6, 6.07) is 8.36. The zero-order valence-electron chi connectivity index (χ0n) is 6.50. The van der Waals surface area contributed by atoms with E-state index in [-0.39, 0.29) is 17.0 Å². The quantitative estimate of drug-likeness (QED) is 0.629. The minimum absolute atomic E-state index is 0. The van der Waals surface area contributed by atoms with Crippen LogP contribution in [-0.4, -0.2) is 6.26 Å². The number of aromatic nitrogens is 1. The molecular weight excluding hydrogens is 254 g/mol. The number of benzene rings is 1. The molecule has 0 atom stereocenters. The highest BCUT2D eigenvalue weighted by Crippen LogP contribution is 2.23. The molecule has 2 aromatic rings. The van der Waals surface area contributed by atoms with Crippen LogP contribution in [-0.2, 0) is 0 Å². The average molecular weight is 262 g/mol. The summed E-state index contributed by atoms with van der Waals surface area (Å²) in [7, 11) is 0. The Hall–Kier alpha value is -0.0600. The van der Waals surface area contributed by atoms with Gasteiger partial charge in [-0.05, 0) is 24.1 Å². The van der Waals surface area contributed by atoms with Crippen molar-refractivity contribution in [3.63, 3.8) is 0 Å². The van der Waals surface area contributed by atoms with Crippen molar-refractivity contribution in [1.29, 1.82) is 0 Å². The second-order valence-electron chi connectivity index (χ2n) is 2.21. The summed E-state index contributed by atoms with van der Waals surface area (Å²) < 4.78 is 2.60. The largest absolute Gasteiger partial charge is 1.00 e. The lowest BCUT2D eigenvalue weighted by molar-refractivity contribution is -0.385. The molecule has 0 fully saturated rings. The Morgan fingerprint density at radius 2 is 2.08 bits per heavy atom. The van der Waals surface area contributed by atoms with Gasteiger partial charge in [0.05, 0.1) is 0 Å². The van der Waals surface area contributed by atoms with Gasteiger partial charge >= 0.3 is 0 Å². The van der Waals surface area contributed by atoms with Crippen molar-refractivity contribution >= 4 is 33.3 Å². The Bertz CT molecular complexity index is 339. The molecule has 0 aliphatic rings. The first-order chi connectivity index (χ1) is 5.40. The average Bonchev–Trinajstić information content (AvgIpc) is 2.46. The maximum absolute atomic E-state index is 3.33. The second-order valence-corrected chi connectivity index (χ2v) is 4.34. The highest BCUT2D eigenvalue weighted by molar-refractivity contribution is 8.00. The van der Waals surface area contributed by atoms with Gasteiger partial charge in [-0.25, -0.2) is 0 Å². The van der Waals surface area contributed by atoms with Gasteiger partial charge in [-0.15, -0.1) is 0 Å². The fourth-order valence-electron chi connectivity index (χ4n) is 0.987. The van der Waals surface area contributed by atoms with Crippen LogP contribution in [0.1, 0.15) is 0 Å². The third kappa shape index (κ3) is 1.81. The van der Waals surface area contributed by atoms with Crippen molar-refractivity contribution < 1.29 is 22.0 Å². The second kappa shape index (κ2) is 4.25. The molecule has 1 aromatic carbocycles. The Morgan fingerprint density at radius 3 is 2.75 bits per heavy atom. The van der Waals surface area contributed by atoms with E-state index in [1.54, 1.807) is 23.1 Å². The van der Waals surface area contributed by atoms with E-state index in [0.717, 1.165) is 0 Å². The van der Waals surface area contributed by atoms with Crippen LogP contribution in [0.25, 0.3) is 10.2 Å². The first kappa shape index (κ1) is 10.0. The van der Waals surface area contributed by atoms with Crippen LogP contribution in [0.15, 0.2) is 28.6 Å². The lowest BCUT2D eigenvalue weighted by Gasteiger charge is -1.75. The molecule has 0 radical (unpaired) electrons. The Kier molecular flexibility index (Phi) is 3.55. The summed E-state index contributed by atoms with van der Waals surface area (Å²) in [6.45, 7) is 0. The number of thiazole rings is 1. The Balaban J connectivity index is 0.000000720. The molecule has 0 bridgehead atoms. The molecule has 0 spiro atoms. The summed E-state index contributed by atoms with van der Waals surface area (Å²) in [4.78, 5) is 3.33. The lowest BCUT2D eigenvalue weighted by atomic mass is 10.3. The first-order valence-corrected chi connectivity index (χ1v) is 5.39. The molecule has 2 rings (SSSR count). The number of hydrogen-bond donors (Lipinski definition) is 0. The summed E-state index contributed by atoms with van der Waals surface area (Å²) >= 11 is 3.56. The lowest BCUT2D eigenvalue weighted by Crippen LogP contribution is -3.00. The van der Waals surface area contributed by atoms with E-state index >= 15 is 0 Å². The first-order valence-electron chi connectivity index (χ1n) is 3.35. The summed E-state index contributed by atoms with van der Waals surface area (Å²) in [5.41, 5.74) is 1.24. The number of H-pyrrole nitrogens is 1. The number of nitrogens with one attached hydrogen (secondary N) is 1. The van der Waals surface area contributed by atoms with Gasteiger partial charge in [0.1, 0.15) is 4.70 Å². The van der Waals surface area contributed by atoms with Crippen molar-refractivity contribution in [1.82, 2.24) is 0 Å². The third-order valence-corrected chi connectivity index (χ3v) is 3.60. The van der Waals surface area contributed by atoms with Gasteiger partial charge in [-0.3, -0.25) is 0 Å². The van der Waals surface area contributed by atoms with Crippen LogP contribution in [0, 0.1) is 0 Å². The molecule has 0 amide bonds. The SMILES string of the molecule is CSc1[nH+]c2ccccc2s1.[Br-]. The number of hydrogen-bond acceptors (Lipinski definition) is 2. The molecule has 4 heteroatoms. The van der Waals surface area contributed by atoms with Crippen molar-refractivity contribution in [2.24, 2.45) is 0 Å². The van der Waals surface area contributed by atoms with Crippen LogP contribution >= 0.6 is 23.1 Å². The predicted octanol–water partition coefficient (Wildman–Crippen LogP) is -0.559. The van der Waals surface area contributed by atoms with Gasteiger partial charge < -0.3 is 17.0 Å². The normalized spacial score (nSPS) is 9.75. The van der Waals surface area contributed by atoms with E-state index in [2.05, 4.69) is 35.5 Å². The molecule has 0 aliphatic heterocycles. The van der Waals surface area contributed by atoms with Gasteiger partial charge in [0, 0.05) is 6.07 Å². The maximum Gasteiger partial charge on any atom is 0.296 e. The standard InChI is InChI=1S/C8H7NS2.BrH/c1-10-8-9-6-4-2-3-5-7(6)11-8;/h2-5H,1H3;1H. The monoisotopic (exact) mass is 261 g/mol. The van der Waals surface area contributed by atoms with Crippen molar-refractivity contribution in [2.75, 3.05) is 6.26 Å². The van der Waals surface area contributed by atoms with E-state index in [1.165, 1.54) is 14.6 Å². The van der Waals surface area contributed by atoms with E-state index in [0.29, 0.717) is 0 Å². The topological polar surface area (TPSA) is 14.1 Å². The van der Waals surface area contributed by atoms with Gasteiger partial charge in [-0.1, -0.05) is 23.5 Å². The van der Waals surface area contributed by atoms with Crippen LogP contribution in [0.4, 0.5) is 0 Å². The van der Waals surface area contributed by atoms with Crippen molar-refractivity contribution in [3.8, 4) is 0 Å². The Labute approximate surface area is 90.0 Å². The predicted molar refractivity (Wildman–Crippen MR) is 50.2 cm³/mol. The van der Waals surface area contributed by atoms with E-state index in [4.69, 9.17) is 0 Å². The maximum atomic E-state index is 3.33. The van der Waals surface area contributed by atoms with E-state index in [1.807, 2.05) is 0 Å². The molecule has 0 unspecified atom stereocenters. The van der Waals surface area contributed by atoms with Crippen LogP contribution < -0.4 is 22.0 Å². The molecule has 64 valence electrons. The third-order valence-electron chi connectivity index (χ3n) is 1.51. The molecule has 1 N–H and O–H groups in total. The van der Waals surface area contributed by atoms with E-state index in [9.17, 15) is 0 Å². The van der Waals surface area contributed by atoms with Crippen molar-refractivity contribution in [2.45, 2.75) is 4.34 Å². The molecular formula is C8H8BrNS2. The number of rotatable bonds is 1. The Morgan fingerprint density at radius 1 is 1.33 bits per heavy atom. The van der Waals surface area contributed by atoms with Gasteiger partial charge in [0.25, 0.3) is 4.34 Å². The number of fused-ring (bicyclic) bond motifs is 1. The van der Waals surface area contributed by atoms with Crippen LogP contribution in [0.3, 0.4) is 0 Å². The van der Waals surface area contributed by atoms with Crippen molar-refractivity contribution in [3.05, 3.63) is 24.3 Å². The summed E-state index contributed by atoms with van der Waals surface area (Å²) in [6.07, 6.45) is 2.08. The van der Waals surface area contributed by atoms with Gasteiger partial charge in [0.15, 0.2) is 0 Å². The molecule has 0 aliphatic carbocycles. The molecule has 1 aromatic heterocycles. The number of aromatic amines is 1. The highest BCUT2D eigenvalue weighted by Gasteiger charge is 2.07. The summed E-state index contributed by atoms with van der Waals surface area (Å²) in [5.74, 6) is 0. The highest BCUT2D eigenvalue weighted by atomic mass is 79.9. The number of halogens is 1.